The minimum absolute atomic E-state index is 0.154. The van der Waals surface area contributed by atoms with Crippen LogP contribution in [0.2, 0.25) is 0 Å². The normalized spacial score (nSPS) is 10.3. The van der Waals surface area contributed by atoms with E-state index in [0.717, 1.165) is 37.3 Å². The van der Waals surface area contributed by atoms with E-state index >= 15 is 0 Å². The zero-order chi connectivity index (χ0) is 15.0. The van der Waals surface area contributed by atoms with Crippen LogP contribution >= 0.6 is 0 Å². The highest BCUT2D eigenvalue weighted by Crippen LogP contribution is 2.18. The van der Waals surface area contributed by atoms with Gasteiger partial charge in [0, 0.05) is 31.6 Å². The summed E-state index contributed by atoms with van der Waals surface area (Å²) in [4.78, 5) is 21.9. The van der Waals surface area contributed by atoms with Crippen LogP contribution in [-0.2, 0) is 11.2 Å². The Morgan fingerprint density at radius 1 is 1.30 bits per heavy atom. The minimum atomic E-state index is 0.154. The summed E-state index contributed by atoms with van der Waals surface area (Å²) in [5, 5.41) is 3.19. The van der Waals surface area contributed by atoms with Gasteiger partial charge in [0.15, 0.2) is 0 Å². The lowest BCUT2D eigenvalue weighted by molar-refractivity contribution is -0.130. The van der Waals surface area contributed by atoms with E-state index in [1.54, 1.807) is 0 Å². The second-order valence-electron chi connectivity index (χ2n) is 4.58. The van der Waals surface area contributed by atoms with Crippen LogP contribution < -0.4 is 11.1 Å². The van der Waals surface area contributed by atoms with Crippen LogP contribution in [0.5, 0.6) is 0 Å². The highest BCUT2D eigenvalue weighted by molar-refractivity contribution is 5.76. The van der Waals surface area contributed by atoms with Gasteiger partial charge in [-0.2, -0.15) is 0 Å². The van der Waals surface area contributed by atoms with Crippen LogP contribution in [0, 0.1) is 0 Å². The molecule has 1 rings (SSSR count). The lowest BCUT2D eigenvalue weighted by Crippen LogP contribution is -2.31. The lowest BCUT2D eigenvalue weighted by Gasteiger charge is -2.19. The van der Waals surface area contributed by atoms with Crippen molar-refractivity contribution >= 4 is 17.5 Å². The average Bonchev–Trinajstić information content (AvgIpc) is 2.44. The number of anilines is 2. The standard InChI is InChI=1S/C14H25N5O/c1-4-7-11-13(15)17-10-18-14(11)16-9-8-12(20)19(5-2)6-3/h10H,4-9H2,1-3H3,(H3,15,16,17,18). The molecular formula is C14H25N5O. The Morgan fingerprint density at radius 2 is 2.00 bits per heavy atom. The van der Waals surface area contributed by atoms with E-state index in [-0.39, 0.29) is 5.91 Å². The van der Waals surface area contributed by atoms with Gasteiger partial charge >= 0.3 is 0 Å². The second-order valence-corrected chi connectivity index (χ2v) is 4.58. The quantitative estimate of drug-likeness (QED) is 0.756. The molecule has 1 aromatic rings. The molecule has 0 saturated carbocycles. The minimum Gasteiger partial charge on any atom is -0.383 e. The first-order chi connectivity index (χ1) is 9.63. The number of carbonyl (C=O) groups is 1. The van der Waals surface area contributed by atoms with E-state index in [9.17, 15) is 4.79 Å². The number of rotatable bonds is 8. The van der Waals surface area contributed by atoms with Crippen LogP contribution in [-0.4, -0.2) is 40.4 Å². The zero-order valence-electron chi connectivity index (χ0n) is 12.6. The van der Waals surface area contributed by atoms with Crippen molar-refractivity contribution in [2.24, 2.45) is 0 Å². The summed E-state index contributed by atoms with van der Waals surface area (Å²) in [7, 11) is 0. The van der Waals surface area contributed by atoms with Crippen LogP contribution in [0.1, 0.15) is 39.2 Å². The second kappa shape index (κ2) is 8.35. The van der Waals surface area contributed by atoms with Crippen molar-refractivity contribution in [2.45, 2.75) is 40.0 Å². The van der Waals surface area contributed by atoms with Gasteiger partial charge in [0.25, 0.3) is 0 Å². The molecule has 3 N–H and O–H groups in total. The third-order valence-corrected chi connectivity index (χ3v) is 3.23. The molecule has 1 amide bonds. The molecule has 0 bridgehead atoms. The molecule has 0 aromatic carbocycles. The molecule has 0 radical (unpaired) electrons. The van der Waals surface area contributed by atoms with Gasteiger partial charge in [0.1, 0.15) is 18.0 Å². The van der Waals surface area contributed by atoms with Gasteiger partial charge in [-0.1, -0.05) is 13.3 Å². The molecular weight excluding hydrogens is 254 g/mol. The number of hydrogen-bond donors (Lipinski definition) is 2. The Labute approximate surface area is 120 Å². The van der Waals surface area contributed by atoms with E-state index in [4.69, 9.17) is 5.73 Å². The molecule has 0 aliphatic heterocycles. The SMILES string of the molecule is CCCc1c(N)ncnc1NCCC(=O)N(CC)CC. The first-order valence-electron chi connectivity index (χ1n) is 7.24. The Kier molecular flexibility index (Phi) is 6.76. The third kappa shape index (κ3) is 4.36. The summed E-state index contributed by atoms with van der Waals surface area (Å²) in [6, 6.07) is 0. The van der Waals surface area contributed by atoms with Gasteiger partial charge < -0.3 is 16.0 Å². The molecule has 112 valence electrons. The molecule has 6 nitrogen and oxygen atoms in total. The molecule has 0 aliphatic carbocycles. The number of amides is 1. The Balaban J connectivity index is 2.58. The number of aromatic nitrogens is 2. The molecule has 1 heterocycles. The Hall–Kier alpha value is -1.85. The molecule has 0 saturated heterocycles. The fourth-order valence-corrected chi connectivity index (χ4v) is 2.10. The van der Waals surface area contributed by atoms with Gasteiger partial charge in [-0.25, -0.2) is 9.97 Å². The van der Waals surface area contributed by atoms with E-state index in [1.165, 1.54) is 6.33 Å². The average molecular weight is 279 g/mol. The number of nitrogens with two attached hydrogens (primary N) is 1. The van der Waals surface area contributed by atoms with E-state index < -0.39 is 0 Å². The number of hydrogen-bond acceptors (Lipinski definition) is 5. The van der Waals surface area contributed by atoms with Gasteiger partial charge in [-0.05, 0) is 20.3 Å². The molecule has 0 spiro atoms. The summed E-state index contributed by atoms with van der Waals surface area (Å²) in [5.74, 6) is 1.41. The van der Waals surface area contributed by atoms with Crippen molar-refractivity contribution in [3.8, 4) is 0 Å². The zero-order valence-corrected chi connectivity index (χ0v) is 12.6. The Bertz CT molecular complexity index is 432. The monoisotopic (exact) mass is 279 g/mol. The maximum atomic E-state index is 11.9. The van der Waals surface area contributed by atoms with Crippen molar-refractivity contribution in [3.05, 3.63) is 11.9 Å². The predicted molar refractivity (Wildman–Crippen MR) is 81.5 cm³/mol. The van der Waals surface area contributed by atoms with Crippen LogP contribution in [0.3, 0.4) is 0 Å². The number of nitrogens with one attached hydrogen (secondary N) is 1. The number of nitrogens with zero attached hydrogens (tertiary/aromatic N) is 3. The smallest absolute Gasteiger partial charge is 0.224 e. The van der Waals surface area contributed by atoms with Crippen molar-refractivity contribution in [1.29, 1.82) is 0 Å². The number of nitrogen functional groups attached to an aromatic ring is 1. The van der Waals surface area contributed by atoms with E-state index in [1.807, 2.05) is 18.7 Å². The first-order valence-corrected chi connectivity index (χ1v) is 7.24. The molecule has 0 unspecified atom stereocenters. The Morgan fingerprint density at radius 3 is 2.60 bits per heavy atom. The molecule has 6 heteroatoms. The molecule has 20 heavy (non-hydrogen) atoms. The predicted octanol–water partition coefficient (Wildman–Crippen LogP) is 1.68. The number of carbonyl (C=O) groups excluding carboxylic acids is 1. The van der Waals surface area contributed by atoms with Crippen molar-refractivity contribution in [3.63, 3.8) is 0 Å². The van der Waals surface area contributed by atoms with Crippen molar-refractivity contribution < 1.29 is 4.79 Å². The topological polar surface area (TPSA) is 84.1 Å². The highest BCUT2D eigenvalue weighted by atomic mass is 16.2. The fourth-order valence-electron chi connectivity index (χ4n) is 2.10. The van der Waals surface area contributed by atoms with Crippen LogP contribution in [0.15, 0.2) is 6.33 Å². The fraction of sp³-hybridized carbons (Fsp3) is 0.643. The molecule has 0 aliphatic rings. The highest BCUT2D eigenvalue weighted by Gasteiger charge is 2.11. The lowest BCUT2D eigenvalue weighted by atomic mass is 10.1. The molecule has 1 aromatic heterocycles. The first kappa shape index (κ1) is 16.2. The van der Waals surface area contributed by atoms with Crippen molar-refractivity contribution in [1.82, 2.24) is 14.9 Å². The third-order valence-electron chi connectivity index (χ3n) is 3.23. The van der Waals surface area contributed by atoms with Gasteiger partial charge in [-0.3, -0.25) is 4.79 Å². The maximum Gasteiger partial charge on any atom is 0.224 e. The van der Waals surface area contributed by atoms with Crippen LogP contribution in [0.4, 0.5) is 11.6 Å². The molecule has 0 fully saturated rings. The summed E-state index contributed by atoms with van der Waals surface area (Å²) in [6.45, 7) is 8.11. The maximum absolute atomic E-state index is 11.9. The van der Waals surface area contributed by atoms with E-state index in [2.05, 4.69) is 22.2 Å². The van der Waals surface area contributed by atoms with Gasteiger partial charge in [-0.15, -0.1) is 0 Å². The van der Waals surface area contributed by atoms with Crippen molar-refractivity contribution in [2.75, 3.05) is 30.7 Å². The summed E-state index contributed by atoms with van der Waals surface area (Å²) < 4.78 is 0. The van der Waals surface area contributed by atoms with Gasteiger partial charge in [0.05, 0.1) is 0 Å². The van der Waals surface area contributed by atoms with Gasteiger partial charge in [0.2, 0.25) is 5.91 Å². The summed E-state index contributed by atoms with van der Waals surface area (Å²) in [6.07, 6.45) is 3.71. The largest absolute Gasteiger partial charge is 0.383 e. The summed E-state index contributed by atoms with van der Waals surface area (Å²) in [5.41, 5.74) is 6.80. The van der Waals surface area contributed by atoms with Crippen LogP contribution in [0.25, 0.3) is 0 Å². The summed E-state index contributed by atoms with van der Waals surface area (Å²) >= 11 is 0. The van der Waals surface area contributed by atoms with E-state index in [0.29, 0.717) is 18.8 Å². The molecule has 0 atom stereocenters.